The van der Waals surface area contributed by atoms with Gasteiger partial charge < -0.3 is 20.7 Å². The third kappa shape index (κ3) is 3.51. The molecule has 1 rings (SSSR count). The third-order valence-corrected chi connectivity index (χ3v) is 2.27. The van der Waals surface area contributed by atoms with Gasteiger partial charge in [0, 0.05) is 19.1 Å². The standard InChI is InChI=1S/C9H19N3O2/c1-8(2-3-10)11-9(13)12-4-6-14-7-5-12/h8H,2-7,10H2,1H3,(H,11,13). The second-order valence-corrected chi connectivity index (χ2v) is 3.53. The van der Waals surface area contributed by atoms with E-state index >= 15 is 0 Å². The van der Waals surface area contributed by atoms with Gasteiger partial charge in [-0.15, -0.1) is 0 Å². The second-order valence-electron chi connectivity index (χ2n) is 3.53. The van der Waals surface area contributed by atoms with Gasteiger partial charge in [0.1, 0.15) is 0 Å². The lowest BCUT2D eigenvalue weighted by Crippen LogP contribution is -2.48. The Hall–Kier alpha value is -0.810. The Labute approximate surface area is 84.6 Å². The zero-order valence-corrected chi connectivity index (χ0v) is 8.66. The van der Waals surface area contributed by atoms with Crippen LogP contribution in [-0.2, 0) is 4.74 Å². The van der Waals surface area contributed by atoms with Crippen molar-refractivity contribution in [1.82, 2.24) is 10.2 Å². The van der Waals surface area contributed by atoms with E-state index in [4.69, 9.17) is 10.5 Å². The molecule has 0 spiro atoms. The number of rotatable bonds is 3. The van der Waals surface area contributed by atoms with E-state index in [2.05, 4.69) is 5.32 Å². The number of nitrogens with one attached hydrogen (secondary N) is 1. The quantitative estimate of drug-likeness (QED) is 0.662. The van der Waals surface area contributed by atoms with Gasteiger partial charge in [-0.05, 0) is 19.9 Å². The minimum Gasteiger partial charge on any atom is -0.378 e. The summed E-state index contributed by atoms with van der Waals surface area (Å²) < 4.78 is 5.16. The Balaban J connectivity index is 2.25. The van der Waals surface area contributed by atoms with Crippen molar-refractivity contribution < 1.29 is 9.53 Å². The number of ether oxygens (including phenoxy) is 1. The minimum absolute atomic E-state index is 0.00532. The van der Waals surface area contributed by atoms with Gasteiger partial charge in [-0.2, -0.15) is 0 Å². The molecular weight excluding hydrogens is 182 g/mol. The Morgan fingerprint density at radius 2 is 2.21 bits per heavy atom. The summed E-state index contributed by atoms with van der Waals surface area (Å²) in [5.41, 5.74) is 5.40. The zero-order chi connectivity index (χ0) is 10.4. The van der Waals surface area contributed by atoms with Gasteiger partial charge in [-0.3, -0.25) is 0 Å². The van der Waals surface area contributed by atoms with Crippen LogP contribution in [0.25, 0.3) is 0 Å². The van der Waals surface area contributed by atoms with Gasteiger partial charge in [0.15, 0.2) is 0 Å². The van der Waals surface area contributed by atoms with Gasteiger partial charge >= 0.3 is 6.03 Å². The molecule has 1 unspecified atom stereocenters. The molecule has 1 fully saturated rings. The molecule has 82 valence electrons. The van der Waals surface area contributed by atoms with E-state index in [9.17, 15) is 4.79 Å². The molecule has 0 saturated carbocycles. The molecule has 2 amide bonds. The summed E-state index contributed by atoms with van der Waals surface area (Å²) in [5, 5.41) is 2.90. The molecule has 1 aliphatic heterocycles. The van der Waals surface area contributed by atoms with Crippen molar-refractivity contribution in [3.63, 3.8) is 0 Å². The molecule has 1 heterocycles. The first kappa shape index (κ1) is 11.3. The minimum atomic E-state index is -0.00532. The lowest BCUT2D eigenvalue weighted by atomic mass is 10.2. The Morgan fingerprint density at radius 1 is 1.57 bits per heavy atom. The predicted molar refractivity (Wildman–Crippen MR) is 54.1 cm³/mol. The summed E-state index contributed by atoms with van der Waals surface area (Å²) in [6.45, 7) is 5.20. The molecule has 5 heteroatoms. The molecule has 0 radical (unpaired) electrons. The Morgan fingerprint density at radius 3 is 2.79 bits per heavy atom. The largest absolute Gasteiger partial charge is 0.378 e. The van der Waals surface area contributed by atoms with Crippen molar-refractivity contribution >= 4 is 6.03 Å². The van der Waals surface area contributed by atoms with Crippen LogP contribution in [0.2, 0.25) is 0 Å². The molecule has 14 heavy (non-hydrogen) atoms. The van der Waals surface area contributed by atoms with Crippen molar-refractivity contribution in [2.75, 3.05) is 32.8 Å². The summed E-state index contributed by atoms with van der Waals surface area (Å²) in [5.74, 6) is 0. The lowest BCUT2D eigenvalue weighted by Gasteiger charge is -2.28. The Bertz CT molecular complexity index is 181. The van der Waals surface area contributed by atoms with Crippen LogP contribution in [0.4, 0.5) is 4.79 Å². The average Bonchev–Trinajstić information content (AvgIpc) is 2.19. The number of carbonyl (C=O) groups is 1. The van der Waals surface area contributed by atoms with Crippen LogP contribution < -0.4 is 11.1 Å². The maximum atomic E-state index is 11.6. The summed E-state index contributed by atoms with van der Waals surface area (Å²) in [6.07, 6.45) is 0.816. The molecule has 0 bridgehead atoms. The van der Waals surface area contributed by atoms with Crippen molar-refractivity contribution in [2.24, 2.45) is 5.73 Å². The van der Waals surface area contributed by atoms with Crippen LogP contribution in [0.1, 0.15) is 13.3 Å². The highest BCUT2D eigenvalue weighted by molar-refractivity contribution is 5.74. The average molecular weight is 201 g/mol. The highest BCUT2D eigenvalue weighted by Crippen LogP contribution is 1.98. The van der Waals surface area contributed by atoms with Crippen LogP contribution in [0.3, 0.4) is 0 Å². The van der Waals surface area contributed by atoms with Crippen LogP contribution in [0.15, 0.2) is 0 Å². The van der Waals surface area contributed by atoms with Crippen molar-refractivity contribution in [3.05, 3.63) is 0 Å². The molecule has 0 aliphatic carbocycles. The fourth-order valence-electron chi connectivity index (χ4n) is 1.39. The van der Waals surface area contributed by atoms with Crippen molar-refractivity contribution in [1.29, 1.82) is 0 Å². The van der Waals surface area contributed by atoms with Gasteiger partial charge in [0.25, 0.3) is 0 Å². The molecule has 5 nitrogen and oxygen atoms in total. The van der Waals surface area contributed by atoms with Gasteiger partial charge in [0.05, 0.1) is 13.2 Å². The van der Waals surface area contributed by atoms with Gasteiger partial charge in [-0.1, -0.05) is 0 Å². The number of hydrogen-bond acceptors (Lipinski definition) is 3. The third-order valence-electron chi connectivity index (χ3n) is 2.27. The highest BCUT2D eigenvalue weighted by Gasteiger charge is 2.17. The first-order valence-electron chi connectivity index (χ1n) is 5.07. The van der Waals surface area contributed by atoms with E-state index in [1.165, 1.54) is 0 Å². The summed E-state index contributed by atoms with van der Waals surface area (Å²) in [4.78, 5) is 13.4. The fraction of sp³-hybridized carbons (Fsp3) is 0.889. The monoisotopic (exact) mass is 201 g/mol. The number of amides is 2. The van der Waals surface area contributed by atoms with Crippen LogP contribution in [0.5, 0.6) is 0 Å². The normalized spacial score (nSPS) is 19.1. The number of morpholine rings is 1. The topological polar surface area (TPSA) is 67.6 Å². The summed E-state index contributed by atoms with van der Waals surface area (Å²) >= 11 is 0. The number of urea groups is 1. The van der Waals surface area contributed by atoms with Crippen LogP contribution in [-0.4, -0.2) is 49.8 Å². The van der Waals surface area contributed by atoms with E-state index in [1.807, 2.05) is 6.92 Å². The van der Waals surface area contributed by atoms with Crippen molar-refractivity contribution in [3.8, 4) is 0 Å². The molecule has 0 aromatic heterocycles. The van der Waals surface area contributed by atoms with Crippen LogP contribution >= 0.6 is 0 Å². The molecular formula is C9H19N3O2. The maximum absolute atomic E-state index is 11.6. The van der Waals surface area contributed by atoms with Gasteiger partial charge in [0.2, 0.25) is 0 Å². The fourth-order valence-corrected chi connectivity index (χ4v) is 1.39. The zero-order valence-electron chi connectivity index (χ0n) is 8.66. The molecule has 1 atom stereocenters. The predicted octanol–water partition coefficient (Wildman–Crippen LogP) is -0.234. The van der Waals surface area contributed by atoms with E-state index < -0.39 is 0 Å². The SMILES string of the molecule is CC(CCN)NC(=O)N1CCOCC1. The van der Waals surface area contributed by atoms with E-state index in [-0.39, 0.29) is 12.1 Å². The van der Waals surface area contributed by atoms with E-state index in [0.29, 0.717) is 32.8 Å². The molecule has 0 aromatic carbocycles. The van der Waals surface area contributed by atoms with Crippen LogP contribution in [0, 0.1) is 0 Å². The maximum Gasteiger partial charge on any atom is 0.317 e. The molecule has 3 N–H and O–H groups in total. The molecule has 1 aliphatic rings. The van der Waals surface area contributed by atoms with Crippen molar-refractivity contribution in [2.45, 2.75) is 19.4 Å². The molecule has 1 saturated heterocycles. The van der Waals surface area contributed by atoms with Gasteiger partial charge in [-0.25, -0.2) is 4.79 Å². The Kier molecular flexibility index (Phi) is 4.69. The smallest absolute Gasteiger partial charge is 0.317 e. The number of hydrogen-bond donors (Lipinski definition) is 2. The number of nitrogens with zero attached hydrogens (tertiary/aromatic N) is 1. The second kappa shape index (κ2) is 5.82. The summed E-state index contributed by atoms with van der Waals surface area (Å²) in [7, 11) is 0. The lowest BCUT2D eigenvalue weighted by molar-refractivity contribution is 0.0526. The van der Waals surface area contributed by atoms with E-state index in [1.54, 1.807) is 4.90 Å². The number of nitrogens with two attached hydrogens (primary N) is 1. The number of carbonyl (C=O) groups excluding carboxylic acids is 1. The van der Waals surface area contributed by atoms with E-state index in [0.717, 1.165) is 6.42 Å². The summed E-state index contributed by atoms with van der Waals surface area (Å²) in [6, 6.07) is 0.143. The highest BCUT2D eigenvalue weighted by atomic mass is 16.5. The molecule has 0 aromatic rings. The first-order valence-corrected chi connectivity index (χ1v) is 5.07. The first-order chi connectivity index (χ1) is 6.74.